The molecule has 0 fully saturated rings. The van der Waals surface area contributed by atoms with Crippen molar-refractivity contribution in [1.29, 1.82) is 5.26 Å². The quantitative estimate of drug-likeness (QED) is 0.853. The van der Waals surface area contributed by atoms with Gasteiger partial charge in [-0.15, -0.1) is 0 Å². The zero-order chi connectivity index (χ0) is 13.7. The number of nitriles is 1. The number of rotatable bonds is 4. The molecule has 0 radical (unpaired) electrons. The predicted molar refractivity (Wildman–Crippen MR) is 72.0 cm³/mol. The molecule has 0 aliphatic rings. The Kier molecular flexibility index (Phi) is 4.87. The lowest BCUT2D eigenvalue weighted by Crippen LogP contribution is -2.40. The van der Waals surface area contributed by atoms with Crippen LogP contribution in [-0.2, 0) is 4.79 Å². The summed E-state index contributed by atoms with van der Waals surface area (Å²) in [7, 11) is 0. The first kappa shape index (κ1) is 14.2. The monoisotopic (exact) mass is 245 g/mol. The van der Waals surface area contributed by atoms with Crippen LogP contribution in [-0.4, -0.2) is 11.9 Å². The molecule has 3 N–H and O–H groups in total. The molecule has 0 aromatic heterocycles. The van der Waals surface area contributed by atoms with Crippen LogP contribution in [0.5, 0.6) is 0 Å². The van der Waals surface area contributed by atoms with E-state index in [0.717, 1.165) is 12.0 Å². The number of carbonyl (C=O) groups excluding carboxylic acids is 1. The number of hydrogen-bond acceptors (Lipinski definition) is 3. The standard InChI is InChI=1S/C14H19N3O/c1-4-9(2)13(16)14(18)17-12-7-5-6-10(3)11(12)8-15/h5-7,9,13H,4,16H2,1-3H3,(H,17,18)/t9?,13-/m0/s1. The van der Waals surface area contributed by atoms with E-state index in [1.165, 1.54) is 0 Å². The van der Waals surface area contributed by atoms with E-state index in [4.69, 9.17) is 11.0 Å². The molecule has 0 bridgehead atoms. The van der Waals surface area contributed by atoms with Gasteiger partial charge in [0.2, 0.25) is 5.91 Å². The Morgan fingerprint density at radius 2 is 2.22 bits per heavy atom. The first-order chi connectivity index (χ1) is 8.51. The van der Waals surface area contributed by atoms with Crippen LogP contribution in [0.1, 0.15) is 31.4 Å². The summed E-state index contributed by atoms with van der Waals surface area (Å²) in [6.45, 7) is 5.76. The highest BCUT2D eigenvalue weighted by molar-refractivity contribution is 5.96. The number of carbonyl (C=O) groups is 1. The molecule has 0 aliphatic heterocycles. The van der Waals surface area contributed by atoms with Gasteiger partial charge < -0.3 is 11.1 Å². The second kappa shape index (κ2) is 6.18. The average molecular weight is 245 g/mol. The molecule has 1 aromatic carbocycles. The fraction of sp³-hybridized carbons (Fsp3) is 0.429. The Bertz CT molecular complexity index is 476. The fourth-order valence-corrected chi connectivity index (χ4v) is 1.65. The number of nitrogens with zero attached hydrogens (tertiary/aromatic N) is 1. The maximum atomic E-state index is 11.9. The van der Waals surface area contributed by atoms with Gasteiger partial charge in [0, 0.05) is 0 Å². The smallest absolute Gasteiger partial charge is 0.241 e. The molecule has 1 rings (SSSR count). The van der Waals surface area contributed by atoms with E-state index in [1.807, 2.05) is 26.8 Å². The Morgan fingerprint density at radius 1 is 1.56 bits per heavy atom. The third-order valence-corrected chi connectivity index (χ3v) is 3.20. The summed E-state index contributed by atoms with van der Waals surface area (Å²) >= 11 is 0. The van der Waals surface area contributed by atoms with E-state index in [-0.39, 0.29) is 11.8 Å². The molecule has 4 heteroatoms. The van der Waals surface area contributed by atoms with Gasteiger partial charge in [-0.2, -0.15) is 5.26 Å². The maximum Gasteiger partial charge on any atom is 0.241 e. The number of benzene rings is 1. The van der Waals surface area contributed by atoms with Gasteiger partial charge in [-0.1, -0.05) is 32.4 Å². The predicted octanol–water partition coefficient (Wildman–Crippen LogP) is 2.18. The van der Waals surface area contributed by atoms with Crippen LogP contribution in [0.2, 0.25) is 0 Å². The number of amides is 1. The molecule has 1 unspecified atom stereocenters. The van der Waals surface area contributed by atoms with E-state index in [1.54, 1.807) is 12.1 Å². The highest BCUT2D eigenvalue weighted by Gasteiger charge is 2.20. The van der Waals surface area contributed by atoms with Gasteiger partial charge in [0.05, 0.1) is 17.3 Å². The molecule has 2 atom stereocenters. The fourth-order valence-electron chi connectivity index (χ4n) is 1.65. The number of nitrogens with one attached hydrogen (secondary N) is 1. The van der Waals surface area contributed by atoms with Gasteiger partial charge in [0.25, 0.3) is 0 Å². The van der Waals surface area contributed by atoms with Crippen molar-refractivity contribution < 1.29 is 4.79 Å². The van der Waals surface area contributed by atoms with Gasteiger partial charge in [-0.25, -0.2) is 0 Å². The van der Waals surface area contributed by atoms with E-state index in [9.17, 15) is 4.79 Å². The van der Waals surface area contributed by atoms with Crippen LogP contribution >= 0.6 is 0 Å². The minimum absolute atomic E-state index is 0.111. The van der Waals surface area contributed by atoms with Crippen LogP contribution in [0.25, 0.3) is 0 Å². The first-order valence-electron chi connectivity index (χ1n) is 6.07. The Labute approximate surface area is 108 Å². The van der Waals surface area contributed by atoms with Gasteiger partial charge in [0.1, 0.15) is 6.07 Å². The maximum absolute atomic E-state index is 11.9. The molecule has 0 aliphatic carbocycles. The second-order valence-electron chi connectivity index (χ2n) is 4.51. The molecular weight excluding hydrogens is 226 g/mol. The third-order valence-electron chi connectivity index (χ3n) is 3.20. The molecule has 0 saturated heterocycles. The van der Waals surface area contributed by atoms with E-state index in [2.05, 4.69) is 11.4 Å². The van der Waals surface area contributed by atoms with Gasteiger partial charge in [0.15, 0.2) is 0 Å². The van der Waals surface area contributed by atoms with Crippen molar-refractivity contribution in [3.05, 3.63) is 29.3 Å². The van der Waals surface area contributed by atoms with E-state index >= 15 is 0 Å². The zero-order valence-corrected chi connectivity index (χ0v) is 11.0. The van der Waals surface area contributed by atoms with Crippen molar-refractivity contribution in [3.8, 4) is 6.07 Å². The van der Waals surface area contributed by atoms with E-state index < -0.39 is 6.04 Å². The lowest BCUT2D eigenvalue weighted by Gasteiger charge is -2.18. The summed E-state index contributed by atoms with van der Waals surface area (Å²) < 4.78 is 0. The topological polar surface area (TPSA) is 78.9 Å². The van der Waals surface area contributed by atoms with Crippen LogP contribution in [0.15, 0.2) is 18.2 Å². The van der Waals surface area contributed by atoms with Crippen LogP contribution in [0, 0.1) is 24.2 Å². The molecule has 4 nitrogen and oxygen atoms in total. The highest BCUT2D eigenvalue weighted by Crippen LogP contribution is 2.19. The number of nitrogens with two attached hydrogens (primary N) is 1. The Balaban J connectivity index is 2.89. The van der Waals surface area contributed by atoms with E-state index in [0.29, 0.717) is 11.3 Å². The second-order valence-corrected chi connectivity index (χ2v) is 4.51. The third kappa shape index (κ3) is 3.08. The number of hydrogen-bond donors (Lipinski definition) is 2. The highest BCUT2D eigenvalue weighted by atomic mass is 16.2. The summed E-state index contributed by atoms with van der Waals surface area (Å²) in [5, 5.41) is 11.8. The van der Waals surface area contributed by atoms with Crippen molar-refractivity contribution in [2.24, 2.45) is 11.7 Å². The molecule has 0 saturated carbocycles. The Morgan fingerprint density at radius 3 is 2.78 bits per heavy atom. The van der Waals surface area contributed by atoms with Crippen molar-refractivity contribution in [2.75, 3.05) is 5.32 Å². The van der Waals surface area contributed by atoms with Crippen LogP contribution in [0.4, 0.5) is 5.69 Å². The molecule has 0 heterocycles. The summed E-state index contributed by atoms with van der Waals surface area (Å²) in [4.78, 5) is 11.9. The zero-order valence-electron chi connectivity index (χ0n) is 11.0. The van der Waals surface area contributed by atoms with Crippen molar-refractivity contribution in [3.63, 3.8) is 0 Å². The Hall–Kier alpha value is -1.86. The summed E-state index contributed by atoms with van der Waals surface area (Å²) in [6.07, 6.45) is 0.841. The molecule has 96 valence electrons. The average Bonchev–Trinajstić information content (AvgIpc) is 2.37. The molecule has 0 spiro atoms. The summed E-state index contributed by atoms with van der Waals surface area (Å²) in [5.74, 6) is -0.133. The molecule has 1 amide bonds. The normalized spacial score (nSPS) is 13.5. The van der Waals surface area contributed by atoms with Crippen molar-refractivity contribution >= 4 is 11.6 Å². The molecule has 18 heavy (non-hydrogen) atoms. The van der Waals surface area contributed by atoms with Gasteiger partial charge in [-0.05, 0) is 24.5 Å². The molecular formula is C14H19N3O. The molecule has 1 aromatic rings. The van der Waals surface area contributed by atoms with Crippen LogP contribution in [0.3, 0.4) is 0 Å². The lowest BCUT2D eigenvalue weighted by molar-refractivity contribution is -0.118. The van der Waals surface area contributed by atoms with Crippen molar-refractivity contribution in [1.82, 2.24) is 0 Å². The summed E-state index contributed by atoms with van der Waals surface area (Å²) in [6, 6.07) is 6.90. The van der Waals surface area contributed by atoms with Crippen LogP contribution < -0.4 is 11.1 Å². The van der Waals surface area contributed by atoms with Gasteiger partial charge >= 0.3 is 0 Å². The van der Waals surface area contributed by atoms with Gasteiger partial charge in [-0.3, -0.25) is 4.79 Å². The summed E-state index contributed by atoms with van der Waals surface area (Å²) in [5.41, 5.74) is 7.71. The first-order valence-corrected chi connectivity index (χ1v) is 6.07. The lowest BCUT2D eigenvalue weighted by atomic mass is 9.99. The minimum Gasteiger partial charge on any atom is -0.324 e. The minimum atomic E-state index is -0.554. The number of aryl methyl sites for hydroxylation is 1. The number of anilines is 1. The van der Waals surface area contributed by atoms with Crippen molar-refractivity contribution in [2.45, 2.75) is 33.2 Å². The SMILES string of the molecule is CCC(C)[C@H](N)C(=O)Nc1cccc(C)c1C#N. The largest absolute Gasteiger partial charge is 0.324 e.